The molecule has 4 heteroatoms. The number of nitrogens with zero attached hydrogens (tertiary/aromatic N) is 3. The zero-order valence-electron chi connectivity index (χ0n) is 51.7. The Kier molecular flexibility index (Phi) is 11.4. The number of aromatic nitrogens is 3. The first kappa shape index (κ1) is 52.7. The fourth-order valence-electron chi connectivity index (χ4n) is 15.8. The van der Waals surface area contributed by atoms with Gasteiger partial charge in [-0.15, -0.1) is 0 Å². The van der Waals surface area contributed by atoms with Gasteiger partial charge in [-0.3, -0.25) is 0 Å². The lowest BCUT2D eigenvalue weighted by Crippen LogP contribution is -2.59. The fraction of sp³-hybridized carbons (Fsp3) is 0.116. The zero-order valence-corrected chi connectivity index (χ0v) is 51.7. The highest BCUT2D eigenvalue weighted by Gasteiger charge is 2.43. The quantitative estimate of drug-likeness (QED) is 0.141. The molecule has 5 heterocycles. The lowest BCUT2D eigenvalue weighted by Gasteiger charge is -2.35. The van der Waals surface area contributed by atoms with E-state index in [2.05, 4.69) is 322 Å². The second-order valence-corrected chi connectivity index (χ2v) is 27.5. The summed E-state index contributed by atoms with van der Waals surface area (Å²) in [7, 11) is 0. The van der Waals surface area contributed by atoms with E-state index in [1.165, 1.54) is 177 Å². The second-order valence-electron chi connectivity index (χ2n) is 27.5. The van der Waals surface area contributed by atoms with Crippen molar-refractivity contribution < 1.29 is 0 Å². The number of benzene rings is 12. The average molecular weight is 1150 g/mol. The van der Waals surface area contributed by atoms with Crippen molar-refractivity contribution in [1.82, 2.24) is 13.7 Å². The molecule has 1 aliphatic carbocycles. The van der Waals surface area contributed by atoms with Crippen LogP contribution in [0, 0.1) is 0 Å². The fourth-order valence-corrected chi connectivity index (χ4v) is 15.8. The number of allylic oxidation sites excluding steroid dienone is 1. The van der Waals surface area contributed by atoms with E-state index in [0.717, 1.165) is 12.8 Å². The summed E-state index contributed by atoms with van der Waals surface area (Å²) in [5.41, 5.74) is 33.8. The van der Waals surface area contributed by atoms with E-state index >= 15 is 0 Å². The van der Waals surface area contributed by atoms with Gasteiger partial charge >= 0.3 is 0 Å². The van der Waals surface area contributed by atoms with Gasteiger partial charge in [0.2, 0.25) is 0 Å². The number of hydrogen-bond donors (Lipinski definition) is 0. The number of rotatable bonds is 7. The molecule has 0 saturated carbocycles. The van der Waals surface area contributed by atoms with Crippen LogP contribution >= 0.6 is 0 Å². The van der Waals surface area contributed by atoms with Crippen molar-refractivity contribution in [3.8, 4) is 83.8 Å². The second kappa shape index (κ2) is 19.5. The Morgan fingerprint density at radius 1 is 0.333 bits per heavy atom. The van der Waals surface area contributed by atoms with Gasteiger partial charge in [-0.25, -0.2) is 0 Å². The van der Waals surface area contributed by atoms with Crippen molar-refractivity contribution in [1.29, 1.82) is 0 Å². The highest BCUT2D eigenvalue weighted by atomic mass is 15.1. The predicted molar refractivity (Wildman–Crippen MR) is 384 cm³/mol. The maximum Gasteiger partial charge on any atom is 0.252 e. The molecule has 3 aromatic heterocycles. The number of para-hydroxylation sites is 1. The Morgan fingerprint density at radius 2 is 0.789 bits per heavy atom. The minimum atomic E-state index is -0.126. The molecule has 90 heavy (non-hydrogen) atoms. The minimum absolute atomic E-state index is 0.0521. The summed E-state index contributed by atoms with van der Waals surface area (Å²) in [6.45, 7) is 13.9. The maximum atomic E-state index is 2.70. The van der Waals surface area contributed by atoms with Gasteiger partial charge in [-0.05, 0) is 184 Å². The molecule has 15 aromatic rings. The molecule has 0 fully saturated rings. The molecule has 0 radical (unpaired) electrons. The monoisotopic (exact) mass is 1150 g/mol. The molecule has 0 bridgehead atoms. The van der Waals surface area contributed by atoms with Crippen molar-refractivity contribution in [2.45, 2.75) is 65.2 Å². The Balaban J connectivity index is 0.963. The lowest BCUT2D eigenvalue weighted by atomic mass is 9.34. The van der Waals surface area contributed by atoms with Crippen LogP contribution in [0.3, 0.4) is 0 Å². The van der Waals surface area contributed by atoms with Gasteiger partial charge in [0.15, 0.2) is 0 Å². The van der Waals surface area contributed by atoms with Crippen LogP contribution in [0.2, 0.25) is 0 Å². The van der Waals surface area contributed by atoms with Crippen LogP contribution in [-0.4, -0.2) is 20.4 Å². The third-order valence-electron chi connectivity index (χ3n) is 20.2. The standard InChI is InChI=1S/C86H66BN3/c1-85(2,3)61-39-41-70-71-42-40-62(86(4,5)6)50-79(71)88(78(70)49-61)63-51-80-82-81(52-63)90-77-38-20-18-36-69(77)73-46-60(67-34-16-14-32-65(67)58-30-22-28-56(44-58)54-25-11-8-12-26-54)48-75(84(73)90)87(82)74-47-59(45-72-68-35-17-19-37-76(68)89(80)83(72)74)66-33-15-13-31-64(66)57-29-21-27-55(43-57)53-23-9-7-10-24-53/h7-17,19-35,37-52H,18,36H2,1-6H3. The largest absolute Gasteiger partial charge is 0.310 e. The van der Waals surface area contributed by atoms with Gasteiger partial charge < -0.3 is 13.7 Å². The third-order valence-corrected chi connectivity index (χ3v) is 20.2. The van der Waals surface area contributed by atoms with Crippen LogP contribution in [0.1, 0.15) is 70.3 Å². The van der Waals surface area contributed by atoms with Gasteiger partial charge in [0.1, 0.15) is 0 Å². The molecule has 0 atom stereocenters. The summed E-state index contributed by atoms with van der Waals surface area (Å²) in [5.74, 6) is 0. The lowest BCUT2D eigenvalue weighted by molar-refractivity contribution is 0.591. The Hall–Kier alpha value is -10.4. The molecule has 12 aromatic carbocycles. The summed E-state index contributed by atoms with van der Waals surface area (Å²) < 4.78 is 7.99. The highest BCUT2D eigenvalue weighted by molar-refractivity contribution is 7.00. The first-order valence-corrected chi connectivity index (χ1v) is 32.1. The molecule has 3 nitrogen and oxygen atoms in total. The molecule has 18 rings (SSSR count). The predicted octanol–water partition coefficient (Wildman–Crippen LogP) is 20.5. The third kappa shape index (κ3) is 7.93. The first-order chi connectivity index (χ1) is 43.9. The van der Waals surface area contributed by atoms with Crippen molar-refractivity contribution >= 4 is 83.7 Å². The van der Waals surface area contributed by atoms with Gasteiger partial charge in [0.25, 0.3) is 6.71 Å². The smallest absolute Gasteiger partial charge is 0.252 e. The number of fused-ring (bicyclic) bond motifs is 13. The van der Waals surface area contributed by atoms with Gasteiger partial charge in [-0.2, -0.15) is 0 Å². The number of hydrogen-bond acceptors (Lipinski definition) is 0. The highest BCUT2D eigenvalue weighted by Crippen LogP contribution is 2.47. The molecule has 0 amide bonds. The van der Waals surface area contributed by atoms with Crippen molar-refractivity contribution in [3.05, 3.63) is 283 Å². The first-order valence-electron chi connectivity index (χ1n) is 32.1. The minimum Gasteiger partial charge on any atom is -0.310 e. The molecular weight excluding hydrogens is 1090 g/mol. The van der Waals surface area contributed by atoms with E-state index in [9.17, 15) is 0 Å². The SMILES string of the molecule is CC(C)(C)c1ccc2c3ccc(C(C)(C)C)cc3n(-c3cc4c5c(c3)-n3c6ccccc6c6cc(-c7ccccc7-c7cccc(-c8ccccc8)c7)cc(c63)B5c3cc(-c5ccccc5-c5cccc(-c6ccccc6)c5)cc5c6c(n-4c35)C=CCC6)c2c1. The summed E-state index contributed by atoms with van der Waals surface area (Å²) in [6, 6.07) is 97.2. The van der Waals surface area contributed by atoms with E-state index < -0.39 is 0 Å². The Bertz CT molecular complexity index is 5490. The van der Waals surface area contributed by atoms with Gasteiger partial charge in [0, 0.05) is 55.0 Å². The van der Waals surface area contributed by atoms with Crippen molar-refractivity contribution in [2.24, 2.45) is 0 Å². The summed E-state index contributed by atoms with van der Waals surface area (Å²) in [6.07, 6.45) is 6.82. The summed E-state index contributed by atoms with van der Waals surface area (Å²) >= 11 is 0. The van der Waals surface area contributed by atoms with E-state index in [1.807, 2.05) is 0 Å². The Labute approximate surface area is 526 Å². The molecule has 0 N–H and O–H groups in total. The molecule has 0 saturated heterocycles. The Morgan fingerprint density at radius 3 is 1.34 bits per heavy atom. The van der Waals surface area contributed by atoms with Gasteiger partial charge in [-0.1, -0.05) is 248 Å². The summed E-state index contributed by atoms with van der Waals surface area (Å²) in [4.78, 5) is 0. The molecule has 0 unspecified atom stereocenters. The van der Waals surface area contributed by atoms with E-state index in [1.54, 1.807) is 0 Å². The van der Waals surface area contributed by atoms with E-state index in [4.69, 9.17) is 0 Å². The van der Waals surface area contributed by atoms with Crippen LogP contribution in [-0.2, 0) is 17.3 Å². The molecule has 0 spiro atoms. The van der Waals surface area contributed by atoms with Crippen molar-refractivity contribution in [2.75, 3.05) is 0 Å². The van der Waals surface area contributed by atoms with Crippen LogP contribution in [0.25, 0.3) is 144 Å². The molecular formula is C86H66BN3. The molecule has 3 aliphatic rings. The maximum absolute atomic E-state index is 2.70. The normalized spacial score (nSPS) is 13.3. The van der Waals surface area contributed by atoms with Crippen molar-refractivity contribution in [3.63, 3.8) is 0 Å². The molecule has 2 aliphatic heterocycles. The molecule has 428 valence electrons. The van der Waals surface area contributed by atoms with Gasteiger partial charge in [0.05, 0.1) is 22.2 Å². The summed E-state index contributed by atoms with van der Waals surface area (Å²) in [5, 5.41) is 6.41. The van der Waals surface area contributed by atoms with Crippen LogP contribution < -0.4 is 16.4 Å². The zero-order chi connectivity index (χ0) is 60.3. The van der Waals surface area contributed by atoms with Crippen LogP contribution in [0.15, 0.2) is 261 Å². The van der Waals surface area contributed by atoms with Crippen LogP contribution in [0.4, 0.5) is 0 Å². The van der Waals surface area contributed by atoms with E-state index in [-0.39, 0.29) is 17.5 Å². The number of aryl methyl sites for hydroxylation is 1. The average Bonchev–Trinajstić information content (AvgIpc) is 1.41. The van der Waals surface area contributed by atoms with Crippen LogP contribution in [0.5, 0.6) is 0 Å². The van der Waals surface area contributed by atoms with E-state index in [0.29, 0.717) is 0 Å². The topological polar surface area (TPSA) is 14.8 Å².